The number of carbonyl (C=O) groups excluding carboxylic acids is 1. The van der Waals surface area contributed by atoms with E-state index in [-0.39, 0.29) is 17.9 Å². The zero-order valence-electron chi connectivity index (χ0n) is 8.23. The Kier molecular flexibility index (Phi) is 1.63. The summed E-state index contributed by atoms with van der Waals surface area (Å²) in [4.78, 5) is 22.0. The minimum atomic E-state index is -0.423. The van der Waals surface area contributed by atoms with Crippen molar-refractivity contribution >= 4 is 5.78 Å². The highest BCUT2D eigenvalue weighted by molar-refractivity contribution is 6.00. The van der Waals surface area contributed by atoms with Crippen LogP contribution in [0.3, 0.4) is 0 Å². The minimum Gasteiger partial charge on any atom is -0.294 e. The van der Waals surface area contributed by atoms with Crippen LogP contribution in [0.4, 0.5) is 0 Å². The van der Waals surface area contributed by atoms with Crippen molar-refractivity contribution in [1.82, 2.24) is 0 Å². The van der Waals surface area contributed by atoms with Gasteiger partial charge in [-0.25, -0.2) is 0 Å². The first-order chi connectivity index (χ1) is 7.16. The largest absolute Gasteiger partial charge is 0.294 e. The number of ketones is 1. The SMILES string of the molecule is O=C1CC([N+](=O)[O-])=CC2=C1C1CCC2C1. The molecule has 2 bridgehead atoms. The van der Waals surface area contributed by atoms with Crippen LogP contribution >= 0.6 is 0 Å². The molecular formula is C11H11NO3. The molecule has 0 saturated heterocycles. The summed E-state index contributed by atoms with van der Waals surface area (Å²) in [5.41, 5.74) is 1.97. The molecule has 3 aliphatic rings. The number of Topliss-reactive ketones (excluding diaryl/α,β-unsaturated/α-hetero) is 1. The zero-order chi connectivity index (χ0) is 10.6. The Morgan fingerprint density at radius 1 is 1.33 bits per heavy atom. The van der Waals surface area contributed by atoms with Crippen molar-refractivity contribution in [2.75, 3.05) is 0 Å². The number of fused-ring (bicyclic) bond motifs is 4. The smallest absolute Gasteiger partial charge is 0.254 e. The summed E-state index contributed by atoms with van der Waals surface area (Å²) in [6.45, 7) is 0. The second kappa shape index (κ2) is 2.78. The molecule has 2 atom stereocenters. The molecule has 78 valence electrons. The number of carbonyl (C=O) groups is 1. The van der Waals surface area contributed by atoms with E-state index in [9.17, 15) is 14.9 Å². The molecule has 0 aliphatic heterocycles. The summed E-state index contributed by atoms with van der Waals surface area (Å²) < 4.78 is 0. The lowest BCUT2D eigenvalue weighted by Crippen LogP contribution is -2.19. The summed E-state index contributed by atoms with van der Waals surface area (Å²) in [5.74, 6) is 0.817. The van der Waals surface area contributed by atoms with Gasteiger partial charge >= 0.3 is 0 Å². The molecule has 15 heavy (non-hydrogen) atoms. The average Bonchev–Trinajstić information content (AvgIpc) is 2.77. The first kappa shape index (κ1) is 8.83. The Morgan fingerprint density at radius 2 is 2.07 bits per heavy atom. The van der Waals surface area contributed by atoms with Gasteiger partial charge in [0.2, 0.25) is 0 Å². The fraction of sp³-hybridized carbons (Fsp3) is 0.545. The van der Waals surface area contributed by atoms with Crippen LogP contribution in [0, 0.1) is 22.0 Å². The third-order valence-electron chi connectivity index (χ3n) is 3.79. The van der Waals surface area contributed by atoms with Crippen LogP contribution in [0.5, 0.6) is 0 Å². The molecule has 0 heterocycles. The molecule has 3 rings (SSSR count). The van der Waals surface area contributed by atoms with Crippen LogP contribution in [0.1, 0.15) is 25.7 Å². The Balaban J connectivity index is 2.08. The highest BCUT2D eigenvalue weighted by Crippen LogP contribution is 2.51. The third kappa shape index (κ3) is 1.11. The maximum atomic E-state index is 11.8. The number of rotatable bonds is 1. The summed E-state index contributed by atoms with van der Waals surface area (Å²) in [6, 6.07) is 0. The summed E-state index contributed by atoms with van der Waals surface area (Å²) in [6.07, 6.45) is 4.88. The number of allylic oxidation sites excluding steroid dienone is 4. The van der Waals surface area contributed by atoms with E-state index in [0.717, 1.165) is 30.4 Å². The number of nitro groups is 1. The summed E-state index contributed by atoms with van der Waals surface area (Å²) in [5, 5.41) is 10.7. The molecule has 0 aromatic heterocycles. The Bertz CT molecular complexity index is 433. The van der Waals surface area contributed by atoms with Gasteiger partial charge in [-0.15, -0.1) is 0 Å². The van der Waals surface area contributed by atoms with Crippen molar-refractivity contribution in [3.05, 3.63) is 33.0 Å². The lowest BCUT2D eigenvalue weighted by atomic mass is 9.84. The van der Waals surface area contributed by atoms with E-state index in [2.05, 4.69) is 0 Å². The van der Waals surface area contributed by atoms with Gasteiger partial charge in [-0.2, -0.15) is 0 Å². The van der Waals surface area contributed by atoms with E-state index < -0.39 is 4.92 Å². The van der Waals surface area contributed by atoms with E-state index in [4.69, 9.17) is 0 Å². The highest BCUT2D eigenvalue weighted by Gasteiger charge is 2.44. The van der Waals surface area contributed by atoms with Crippen molar-refractivity contribution < 1.29 is 9.72 Å². The van der Waals surface area contributed by atoms with Crippen LogP contribution in [-0.4, -0.2) is 10.7 Å². The topological polar surface area (TPSA) is 60.2 Å². The van der Waals surface area contributed by atoms with E-state index >= 15 is 0 Å². The molecule has 3 aliphatic carbocycles. The third-order valence-corrected chi connectivity index (χ3v) is 3.79. The molecule has 4 heteroatoms. The number of hydrogen-bond acceptors (Lipinski definition) is 3. The minimum absolute atomic E-state index is 0.00491. The monoisotopic (exact) mass is 205 g/mol. The van der Waals surface area contributed by atoms with E-state index in [0.29, 0.717) is 11.8 Å². The van der Waals surface area contributed by atoms with Crippen molar-refractivity contribution in [1.29, 1.82) is 0 Å². The van der Waals surface area contributed by atoms with Crippen molar-refractivity contribution in [2.45, 2.75) is 25.7 Å². The number of hydrogen-bond donors (Lipinski definition) is 0. The number of nitrogens with zero attached hydrogens (tertiary/aromatic N) is 1. The Hall–Kier alpha value is -1.45. The van der Waals surface area contributed by atoms with Crippen molar-refractivity contribution in [2.24, 2.45) is 11.8 Å². The van der Waals surface area contributed by atoms with Crippen LogP contribution in [0.25, 0.3) is 0 Å². The van der Waals surface area contributed by atoms with Gasteiger partial charge in [-0.1, -0.05) is 0 Å². The highest BCUT2D eigenvalue weighted by atomic mass is 16.6. The van der Waals surface area contributed by atoms with Gasteiger partial charge in [-0.3, -0.25) is 14.9 Å². The maximum absolute atomic E-state index is 11.8. The maximum Gasteiger partial charge on any atom is 0.254 e. The molecular weight excluding hydrogens is 194 g/mol. The zero-order valence-corrected chi connectivity index (χ0v) is 8.23. The van der Waals surface area contributed by atoms with Gasteiger partial charge in [0.05, 0.1) is 4.92 Å². The van der Waals surface area contributed by atoms with E-state index in [1.807, 2.05) is 0 Å². The second-order valence-electron chi connectivity index (χ2n) is 4.57. The Labute approximate surface area is 86.8 Å². The van der Waals surface area contributed by atoms with Gasteiger partial charge in [0, 0.05) is 11.6 Å². The molecule has 0 N–H and O–H groups in total. The molecule has 0 radical (unpaired) electrons. The van der Waals surface area contributed by atoms with Gasteiger partial charge in [0.25, 0.3) is 5.70 Å². The van der Waals surface area contributed by atoms with Crippen LogP contribution in [0.2, 0.25) is 0 Å². The molecule has 1 fully saturated rings. The fourth-order valence-corrected chi connectivity index (χ4v) is 3.17. The molecule has 4 nitrogen and oxygen atoms in total. The first-order valence-electron chi connectivity index (χ1n) is 5.29. The Morgan fingerprint density at radius 3 is 2.80 bits per heavy atom. The van der Waals surface area contributed by atoms with Gasteiger partial charge in [0.15, 0.2) is 5.78 Å². The van der Waals surface area contributed by atoms with Gasteiger partial charge < -0.3 is 0 Å². The lowest BCUT2D eigenvalue weighted by molar-refractivity contribution is -0.426. The van der Waals surface area contributed by atoms with E-state index in [1.54, 1.807) is 6.08 Å². The molecule has 0 amide bonds. The van der Waals surface area contributed by atoms with Crippen molar-refractivity contribution in [3.63, 3.8) is 0 Å². The predicted octanol–water partition coefficient (Wildman–Crippen LogP) is 1.85. The summed E-state index contributed by atoms with van der Waals surface area (Å²) >= 11 is 0. The summed E-state index contributed by atoms with van der Waals surface area (Å²) in [7, 11) is 0. The van der Waals surface area contributed by atoms with E-state index in [1.165, 1.54) is 0 Å². The normalized spacial score (nSPS) is 33.1. The molecule has 0 aromatic carbocycles. The van der Waals surface area contributed by atoms with Crippen LogP contribution in [0.15, 0.2) is 22.9 Å². The molecule has 2 unspecified atom stereocenters. The van der Waals surface area contributed by atoms with Crippen LogP contribution < -0.4 is 0 Å². The molecule has 0 spiro atoms. The quantitative estimate of drug-likeness (QED) is 0.484. The van der Waals surface area contributed by atoms with Crippen molar-refractivity contribution in [3.8, 4) is 0 Å². The van der Waals surface area contributed by atoms with Gasteiger partial charge in [0.1, 0.15) is 6.42 Å². The predicted molar refractivity (Wildman–Crippen MR) is 52.6 cm³/mol. The average molecular weight is 205 g/mol. The standard InChI is InChI=1S/C11H11NO3/c13-10-5-8(12(14)15)4-9-6-1-2-7(3-6)11(9)10/h4,6-7H,1-3,5H2. The van der Waals surface area contributed by atoms with Crippen LogP contribution in [-0.2, 0) is 4.79 Å². The van der Waals surface area contributed by atoms with Gasteiger partial charge in [-0.05, 0) is 36.7 Å². The lowest BCUT2D eigenvalue weighted by Gasteiger charge is -2.19. The molecule has 1 saturated carbocycles. The molecule has 0 aromatic rings. The fourth-order valence-electron chi connectivity index (χ4n) is 3.17. The first-order valence-corrected chi connectivity index (χ1v) is 5.29. The second-order valence-corrected chi connectivity index (χ2v) is 4.57.